The maximum atomic E-state index is 13.4. The molecule has 0 bridgehead atoms. The number of aryl methyl sites for hydroxylation is 1. The van der Waals surface area contributed by atoms with E-state index in [2.05, 4.69) is 11.8 Å². The maximum absolute atomic E-state index is 13.4. The molecule has 2 aliphatic rings. The molecule has 2 N–H and O–H groups in total. The van der Waals surface area contributed by atoms with Crippen molar-refractivity contribution in [1.29, 1.82) is 0 Å². The lowest BCUT2D eigenvalue weighted by Crippen LogP contribution is -2.38. The molecule has 0 aliphatic carbocycles. The fraction of sp³-hybridized carbons (Fsp3) is 0.458. The highest BCUT2D eigenvalue weighted by atomic mass is 16.5. The zero-order valence-corrected chi connectivity index (χ0v) is 18.7. The minimum atomic E-state index is -0.0619. The maximum Gasteiger partial charge on any atom is 0.254 e. The molecular formula is C24H30N6O2. The first-order valence-electron chi connectivity index (χ1n) is 11.4. The molecule has 2 fully saturated rings. The molecule has 2 saturated heterocycles. The number of carbonyl (C=O) groups excluding carboxylic acids is 1. The molecule has 5 rings (SSSR count). The molecule has 4 heterocycles. The average Bonchev–Trinajstić information content (AvgIpc) is 3.43. The number of hydrogen-bond donors (Lipinski definition) is 1. The fourth-order valence-electron chi connectivity index (χ4n) is 4.89. The number of amides is 1. The number of ether oxygens (including phenoxy) is 1. The summed E-state index contributed by atoms with van der Waals surface area (Å²) in [5.41, 5.74) is 9.52. The third-order valence-corrected chi connectivity index (χ3v) is 6.57. The summed E-state index contributed by atoms with van der Waals surface area (Å²) in [7, 11) is 1.61. The van der Waals surface area contributed by atoms with E-state index in [1.165, 1.54) is 0 Å². The highest BCUT2D eigenvalue weighted by Crippen LogP contribution is 2.33. The van der Waals surface area contributed by atoms with E-state index in [9.17, 15) is 4.79 Å². The number of likely N-dealkylation sites (tertiary alicyclic amines) is 1. The SMILES string of the molecule is COc1cccc(C(=O)N2CCCCC2c2cc3nc(N4CCC(N)C4)c(C)cn3n2)c1. The largest absolute Gasteiger partial charge is 0.497 e. The van der Waals surface area contributed by atoms with Gasteiger partial charge in [0, 0.05) is 49.1 Å². The van der Waals surface area contributed by atoms with Crippen LogP contribution in [0.4, 0.5) is 5.82 Å². The number of fused-ring (bicyclic) bond motifs is 1. The number of piperidine rings is 1. The van der Waals surface area contributed by atoms with Crippen molar-refractivity contribution in [2.24, 2.45) is 5.73 Å². The van der Waals surface area contributed by atoms with Gasteiger partial charge in [0.2, 0.25) is 0 Å². The van der Waals surface area contributed by atoms with Gasteiger partial charge in [-0.25, -0.2) is 9.50 Å². The van der Waals surface area contributed by atoms with Crippen LogP contribution in [0.15, 0.2) is 36.5 Å². The van der Waals surface area contributed by atoms with E-state index in [1.807, 2.05) is 39.9 Å². The van der Waals surface area contributed by atoms with Crippen molar-refractivity contribution in [3.05, 3.63) is 53.3 Å². The third-order valence-electron chi connectivity index (χ3n) is 6.57. The lowest BCUT2D eigenvalue weighted by molar-refractivity contribution is 0.0605. The van der Waals surface area contributed by atoms with E-state index in [1.54, 1.807) is 13.2 Å². The predicted octanol–water partition coefficient (Wildman–Crippen LogP) is 2.95. The van der Waals surface area contributed by atoms with Gasteiger partial charge in [-0.2, -0.15) is 5.10 Å². The van der Waals surface area contributed by atoms with Crippen molar-refractivity contribution in [3.63, 3.8) is 0 Å². The quantitative estimate of drug-likeness (QED) is 0.679. The molecule has 1 amide bonds. The molecule has 2 atom stereocenters. The molecule has 168 valence electrons. The van der Waals surface area contributed by atoms with Crippen LogP contribution < -0.4 is 15.4 Å². The average molecular weight is 435 g/mol. The Hall–Kier alpha value is -3.13. The first-order chi connectivity index (χ1) is 15.5. The second-order valence-electron chi connectivity index (χ2n) is 8.86. The standard InChI is InChI=1S/C24H30N6O2/c1-16-14-30-22(26-23(16)28-11-9-18(25)15-28)13-20(27-30)21-8-3-4-10-29(21)24(31)17-6-5-7-19(12-17)32-2/h5-7,12-14,18,21H,3-4,8-11,15,25H2,1-2H3. The van der Waals surface area contributed by atoms with Crippen molar-refractivity contribution in [2.45, 2.75) is 44.7 Å². The number of methoxy groups -OCH3 is 1. The van der Waals surface area contributed by atoms with Gasteiger partial charge in [-0.1, -0.05) is 6.07 Å². The van der Waals surface area contributed by atoms with Gasteiger partial charge in [0.15, 0.2) is 5.65 Å². The topological polar surface area (TPSA) is 89.0 Å². The zero-order valence-electron chi connectivity index (χ0n) is 18.7. The summed E-state index contributed by atoms with van der Waals surface area (Å²) in [5, 5.41) is 4.83. The van der Waals surface area contributed by atoms with Crippen LogP contribution in [0.25, 0.3) is 5.65 Å². The Bertz CT molecular complexity index is 1140. The number of aromatic nitrogens is 3. The van der Waals surface area contributed by atoms with E-state index in [-0.39, 0.29) is 18.0 Å². The van der Waals surface area contributed by atoms with Crippen LogP contribution in [0.3, 0.4) is 0 Å². The summed E-state index contributed by atoms with van der Waals surface area (Å²) >= 11 is 0. The van der Waals surface area contributed by atoms with Crippen LogP contribution in [0.2, 0.25) is 0 Å². The Morgan fingerprint density at radius 2 is 2.06 bits per heavy atom. The first kappa shape index (κ1) is 20.8. The zero-order chi connectivity index (χ0) is 22.2. The Morgan fingerprint density at radius 3 is 2.84 bits per heavy atom. The second kappa shape index (κ2) is 8.43. The smallest absolute Gasteiger partial charge is 0.254 e. The number of carbonyl (C=O) groups is 1. The van der Waals surface area contributed by atoms with Gasteiger partial charge >= 0.3 is 0 Å². The lowest BCUT2D eigenvalue weighted by atomic mass is 9.98. The van der Waals surface area contributed by atoms with Crippen LogP contribution in [-0.4, -0.2) is 58.2 Å². The number of nitrogens with zero attached hydrogens (tertiary/aromatic N) is 5. The summed E-state index contributed by atoms with van der Waals surface area (Å²) in [6.45, 7) is 4.54. The molecular weight excluding hydrogens is 404 g/mol. The van der Waals surface area contributed by atoms with Crippen molar-refractivity contribution >= 4 is 17.4 Å². The highest BCUT2D eigenvalue weighted by Gasteiger charge is 2.31. The van der Waals surface area contributed by atoms with Crippen molar-refractivity contribution in [1.82, 2.24) is 19.5 Å². The number of anilines is 1. The molecule has 0 spiro atoms. The molecule has 0 radical (unpaired) electrons. The molecule has 32 heavy (non-hydrogen) atoms. The van der Waals surface area contributed by atoms with E-state index >= 15 is 0 Å². The van der Waals surface area contributed by atoms with Gasteiger partial charge in [-0.05, 0) is 50.8 Å². The van der Waals surface area contributed by atoms with Gasteiger partial charge in [0.1, 0.15) is 11.6 Å². The normalized spacial score (nSPS) is 21.3. The predicted molar refractivity (Wildman–Crippen MR) is 123 cm³/mol. The summed E-state index contributed by atoms with van der Waals surface area (Å²) < 4.78 is 7.15. The third kappa shape index (κ3) is 3.79. The van der Waals surface area contributed by atoms with Crippen LogP contribution in [0.1, 0.15) is 53.3 Å². The number of rotatable bonds is 4. The van der Waals surface area contributed by atoms with Gasteiger partial charge in [0.05, 0.1) is 18.8 Å². The summed E-state index contributed by atoms with van der Waals surface area (Å²) in [5.74, 6) is 1.68. The van der Waals surface area contributed by atoms with E-state index in [0.717, 1.165) is 68.0 Å². The minimum Gasteiger partial charge on any atom is -0.497 e. The first-order valence-corrected chi connectivity index (χ1v) is 11.4. The summed E-state index contributed by atoms with van der Waals surface area (Å²) in [6.07, 6.45) is 5.98. The van der Waals surface area contributed by atoms with Crippen molar-refractivity contribution in [2.75, 3.05) is 31.6 Å². The lowest BCUT2D eigenvalue weighted by Gasteiger charge is -2.34. The molecule has 1 aromatic carbocycles. The summed E-state index contributed by atoms with van der Waals surface area (Å²) in [4.78, 5) is 22.5. The van der Waals surface area contributed by atoms with Gasteiger partial charge in [-0.3, -0.25) is 4.79 Å². The van der Waals surface area contributed by atoms with Crippen LogP contribution in [-0.2, 0) is 0 Å². The van der Waals surface area contributed by atoms with Crippen LogP contribution in [0.5, 0.6) is 5.75 Å². The Kier molecular flexibility index (Phi) is 5.46. The van der Waals surface area contributed by atoms with E-state index in [0.29, 0.717) is 11.3 Å². The Morgan fingerprint density at radius 1 is 1.19 bits per heavy atom. The monoisotopic (exact) mass is 434 g/mol. The van der Waals surface area contributed by atoms with Gasteiger partial charge < -0.3 is 20.3 Å². The Labute approximate surface area is 188 Å². The molecule has 0 saturated carbocycles. The van der Waals surface area contributed by atoms with E-state index < -0.39 is 0 Å². The van der Waals surface area contributed by atoms with Crippen LogP contribution >= 0.6 is 0 Å². The van der Waals surface area contributed by atoms with Crippen molar-refractivity contribution < 1.29 is 9.53 Å². The van der Waals surface area contributed by atoms with Gasteiger partial charge in [0.25, 0.3) is 5.91 Å². The van der Waals surface area contributed by atoms with Crippen LogP contribution in [0, 0.1) is 6.92 Å². The van der Waals surface area contributed by atoms with E-state index in [4.69, 9.17) is 20.6 Å². The molecule has 2 aromatic heterocycles. The molecule has 8 heteroatoms. The molecule has 8 nitrogen and oxygen atoms in total. The van der Waals surface area contributed by atoms with Crippen molar-refractivity contribution in [3.8, 4) is 5.75 Å². The van der Waals surface area contributed by atoms with Gasteiger partial charge in [-0.15, -0.1) is 0 Å². The number of hydrogen-bond acceptors (Lipinski definition) is 6. The molecule has 3 aromatic rings. The molecule has 2 aliphatic heterocycles. The highest BCUT2D eigenvalue weighted by molar-refractivity contribution is 5.95. The second-order valence-corrected chi connectivity index (χ2v) is 8.86. The molecule has 2 unspecified atom stereocenters. The minimum absolute atomic E-state index is 0.0153. The summed E-state index contributed by atoms with van der Waals surface area (Å²) in [6, 6.07) is 9.52. The number of benzene rings is 1. The Balaban J connectivity index is 1.46. The fourth-order valence-corrected chi connectivity index (χ4v) is 4.89. The number of nitrogens with two attached hydrogens (primary N) is 1.